The number of aliphatic imine (C=N–C) groups is 1. The second-order valence-corrected chi connectivity index (χ2v) is 5.95. The standard InChI is InChI=1S/C16H32N4O2.HI/c1-17-16(19-12-10-15(21)20(2)3)18-11-7-13-22-14-8-5-4-6-9-14;/h14H,4-13H2,1-3H3,(H2,17,18,19);1H. The Morgan fingerprint density at radius 3 is 2.43 bits per heavy atom. The molecule has 0 aromatic carbocycles. The minimum atomic E-state index is 0. The normalized spacial score (nSPS) is 15.7. The number of carbonyl (C=O) groups excluding carboxylic acids is 1. The van der Waals surface area contributed by atoms with Gasteiger partial charge in [-0.25, -0.2) is 0 Å². The number of guanidine groups is 1. The lowest BCUT2D eigenvalue weighted by atomic mass is 9.98. The van der Waals surface area contributed by atoms with Gasteiger partial charge in [0.15, 0.2) is 5.96 Å². The third-order valence-corrected chi connectivity index (χ3v) is 3.87. The van der Waals surface area contributed by atoms with Crippen molar-refractivity contribution in [1.82, 2.24) is 15.5 Å². The first-order valence-corrected chi connectivity index (χ1v) is 8.39. The summed E-state index contributed by atoms with van der Waals surface area (Å²) in [5.41, 5.74) is 0. The highest BCUT2D eigenvalue weighted by Gasteiger charge is 2.13. The first-order chi connectivity index (χ1) is 10.6. The van der Waals surface area contributed by atoms with Gasteiger partial charge in [-0.3, -0.25) is 9.79 Å². The molecule has 0 aromatic heterocycles. The molecule has 0 saturated heterocycles. The van der Waals surface area contributed by atoms with Crippen LogP contribution >= 0.6 is 24.0 Å². The van der Waals surface area contributed by atoms with Crippen LogP contribution in [0.25, 0.3) is 0 Å². The number of ether oxygens (including phenoxy) is 1. The van der Waals surface area contributed by atoms with Crippen molar-refractivity contribution >= 4 is 35.8 Å². The molecule has 0 bridgehead atoms. The van der Waals surface area contributed by atoms with E-state index in [1.165, 1.54) is 32.1 Å². The van der Waals surface area contributed by atoms with Crippen LogP contribution in [0.2, 0.25) is 0 Å². The van der Waals surface area contributed by atoms with Gasteiger partial charge in [-0.05, 0) is 19.3 Å². The summed E-state index contributed by atoms with van der Waals surface area (Å²) in [6.07, 6.45) is 8.33. The van der Waals surface area contributed by atoms with Gasteiger partial charge in [-0.15, -0.1) is 24.0 Å². The highest BCUT2D eigenvalue weighted by molar-refractivity contribution is 14.0. The zero-order chi connectivity index (χ0) is 16.2. The van der Waals surface area contributed by atoms with E-state index >= 15 is 0 Å². The Hall–Kier alpha value is -0.570. The van der Waals surface area contributed by atoms with Crippen molar-refractivity contribution in [3.8, 4) is 0 Å². The van der Waals surface area contributed by atoms with E-state index in [4.69, 9.17) is 4.74 Å². The molecule has 1 fully saturated rings. The van der Waals surface area contributed by atoms with Gasteiger partial charge in [0.1, 0.15) is 0 Å². The largest absolute Gasteiger partial charge is 0.378 e. The van der Waals surface area contributed by atoms with Gasteiger partial charge in [-0.1, -0.05) is 19.3 Å². The van der Waals surface area contributed by atoms with Gasteiger partial charge in [0.05, 0.1) is 6.10 Å². The third-order valence-electron chi connectivity index (χ3n) is 3.87. The predicted octanol–water partition coefficient (Wildman–Crippen LogP) is 1.99. The van der Waals surface area contributed by atoms with Crippen LogP contribution < -0.4 is 10.6 Å². The van der Waals surface area contributed by atoms with Gasteiger partial charge in [0.25, 0.3) is 0 Å². The molecule has 6 nitrogen and oxygen atoms in total. The first-order valence-electron chi connectivity index (χ1n) is 8.39. The monoisotopic (exact) mass is 440 g/mol. The van der Waals surface area contributed by atoms with E-state index < -0.39 is 0 Å². The number of carbonyl (C=O) groups is 1. The molecule has 136 valence electrons. The van der Waals surface area contributed by atoms with E-state index in [1.54, 1.807) is 26.0 Å². The van der Waals surface area contributed by atoms with Crippen molar-refractivity contribution in [2.45, 2.75) is 51.0 Å². The van der Waals surface area contributed by atoms with Gasteiger partial charge in [0, 0.05) is 47.3 Å². The first kappa shape index (κ1) is 22.4. The van der Waals surface area contributed by atoms with Gasteiger partial charge in [0.2, 0.25) is 5.91 Å². The molecule has 1 aliphatic carbocycles. The Balaban J connectivity index is 0.00000484. The fourth-order valence-electron chi connectivity index (χ4n) is 2.49. The smallest absolute Gasteiger partial charge is 0.223 e. The topological polar surface area (TPSA) is 66.0 Å². The van der Waals surface area contributed by atoms with Crippen LogP contribution in [-0.4, -0.2) is 63.7 Å². The number of rotatable bonds is 8. The molecule has 1 saturated carbocycles. The Morgan fingerprint density at radius 1 is 1.17 bits per heavy atom. The molecule has 0 atom stereocenters. The maximum Gasteiger partial charge on any atom is 0.223 e. The quantitative estimate of drug-likeness (QED) is 0.262. The number of hydrogen-bond donors (Lipinski definition) is 2. The number of hydrogen-bond acceptors (Lipinski definition) is 3. The van der Waals surface area contributed by atoms with Gasteiger partial charge in [-0.2, -0.15) is 0 Å². The summed E-state index contributed by atoms with van der Waals surface area (Å²) in [5.74, 6) is 0.855. The number of amides is 1. The average molecular weight is 440 g/mol. The molecular weight excluding hydrogens is 407 g/mol. The van der Waals surface area contributed by atoms with Gasteiger partial charge < -0.3 is 20.3 Å². The van der Waals surface area contributed by atoms with Crippen molar-refractivity contribution in [3.05, 3.63) is 0 Å². The van der Waals surface area contributed by atoms with E-state index in [0.717, 1.165) is 25.5 Å². The summed E-state index contributed by atoms with van der Waals surface area (Å²) in [6.45, 7) is 2.22. The molecule has 2 N–H and O–H groups in total. The molecule has 0 aliphatic heterocycles. The SMILES string of the molecule is CN=C(NCCCOC1CCCCC1)NCCC(=O)N(C)C.I. The molecule has 0 heterocycles. The summed E-state index contributed by atoms with van der Waals surface area (Å²) < 4.78 is 5.89. The summed E-state index contributed by atoms with van der Waals surface area (Å²) in [6, 6.07) is 0. The summed E-state index contributed by atoms with van der Waals surface area (Å²) in [4.78, 5) is 17.2. The van der Waals surface area contributed by atoms with Crippen molar-refractivity contribution < 1.29 is 9.53 Å². The fourth-order valence-corrected chi connectivity index (χ4v) is 2.49. The van der Waals surface area contributed by atoms with Crippen LogP contribution in [0.15, 0.2) is 4.99 Å². The van der Waals surface area contributed by atoms with E-state index in [-0.39, 0.29) is 29.9 Å². The van der Waals surface area contributed by atoms with Gasteiger partial charge >= 0.3 is 0 Å². The zero-order valence-corrected chi connectivity index (χ0v) is 17.1. The maximum atomic E-state index is 11.5. The van der Waals surface area contributed by atoms with E-state index in [0.29, 0.717) is 19.1 Å². The highest BCUT2D eigenvalue weighted by atomic mass is 127. The molecule has 0 unspecified atom stereocenters. The van der Waals surface area contributed by atoms with Crippen LogP contribution in [0.5, 0.6) is 0 Å². The van der Waals surface area contributed by atoms with Crippen LogP contribution in [0.1, 0.15) is 44.9 Å². The fraction of sp³-hybridized carbons (Fsp3) is 0.875. The third kappa shape index (κ3) is 10.8. The second-order valence-electron chi connectivity index (χ2n) is 5.95. The number of halogens is 1. The minimum absolute atomic E-state index is 0. The van der Waals surface area contributed by atoms with Crippen LogP contribution in [0.3, 0.4) is 0 Å². The molecule has 1 aliphatic rings. The predicted molar refractivity (Wildman–Crippen MR) is 106 cm³/mol. The summed E-state index contributed by atoms with van der Waals surface area (Å²) >= 11 is 0. The molecular formula is C16H33IN4O2. The van der Waals surface area contributed by atoms with Crippen molar-refractivity contribution in [1.29, 1.82) is 0 Å². The Bertz CT molecular complexity index is 345. The van der Waals surface area contributed by atoms with E-state index in [1.807, 2.05) is 0 Å². The minimum Gasteiger partial charge on any atom is -0.378 e. The lowest BCUT2D eigenvalue weighted by molar-refractivity contribution is -0.128. The van der Waals surface area contributed by atoms with Crippen LogP contribution in [0, 0.1) is 0 Å². The average Bonchev–Trinajstić information content (AvgIpc) is 2.53. The summed E-state index contributed by atoms with van der Waals surface area (Å²) in [5, 5.41) is 6.39. The zero-order valence-electron chi connectivity index (χ0n) is 14.8. The molecule has 0 radical (unpaired) electrons. The molecule has 7 heteroatoms. The van der Waals surface area contributed by atoms with Crippen LogP contribution in [-0.2, 0) is 9.53 Å². The molecule has 1 amide bonds. The van der Waals surface area contributed by atoms with Crippen molar-refractivity contribution in [3.63, 3.8) is 0 Å². The molecule has 23 heavy (non-hydrogen) atoms. The van der Waals surface area contributed by atoms with Crippen molar-refractivity contribution in [2.75, 3.05) is 40.8 Å². The van der Waals surface area contributed by atoms with Crippen LogP contribution in [0.4, 0.5) is 0 Å². The second kappa shape index (κ2) is 13.8. The Kier molecular flexibility index (Phi) is 13.5. The highest BCUT2D eigenvalue weighted by Crippen LogP contribution is 2.20. The molecule has 0 spiro atoms. The lowest BCUT2D eigenvalue weighted by Gasteiger charge is -2.22. The van der Waals surface area contributed by atoms with E-state index in [9.17, 15) is 4.79 Å². The number of nitrogens with zero attached hydrogens (tertiary/aromatic N) is 2. The number of nitrogens with one attached hydrogen (secondary N) is 2. The Labute approximate surface area is 157 Å². The maximum absolute atomic E-state index is 11.5. The Morgan fingerprint density at radius 2 is 1.83 bits per heavy atom. The van der Waals surface area contributed by atoms with E-state index in [2.05, 4.69) is 15.6 Å². The molecule has 0 aromatic rings. The molecule has 1 rings (SSSR count). The summed E-state index contributed by atoms with van der Waals surface area (Å²) in [7, 11) is 5.27. The van der Waals surface area contributed by atoms with Crippen molar-refractivity contribution in [2.24, 2.45) is 4.99 Å². The lowest BCUT2D eigenvalue weighted by Crippen LogP contribution is -2.39.